The molecule has 0 unspecified atom stereocenters. The van der Waals surface area contributed by atoms with Crippen molar-refractivity contribution in [3.8, 4) is 5.88 Å². The van der Waals surface area contributed by atoms with Crippen LogP contribution in [-0.2, 0) is 4.74 Å². The second-order valence-corrected chi connectivity index (χ2v) is 3.37. The predicted octanol–water partition coefficient (Wildman–Crippen LogP) is 2.35. The van der Waals surface area contributed by atoms with Gasteiger partial charge in [0.15, 0.2) is 0 Å². The van der Waals surface area contributed by atoms with Gasteiger partial charge in [0.05, 0.1) is 12.2 Å². The van der Waals surface area contributed by atoms with Crippen molar-refractivity contribution in [3.63, 3.8) is 0 Å². The molecule has 0 aliphatic rings. The molecule has 0 aliphatic carbocycles. The van der Waals surface area contributed by atoms with E-state index in [-0.39, 0.29) is 16.5 Å². The highest BCUT2D eigenvalue weighted by Gasteiger charge is 2.28. The highest BCUT2D eigenvalue weighted by atomic mass is 35.5. The van der Waals surface area contributed by atoms with E-state index in [1.807, 2.05) is 0 Å². The number of rotatable bonds is 5. The van der Waals surface area contributed by atoms with E-state index in [1.165, 1.54) is 0 Å². The Morgan fingerprint density at radius 2 is 2.11 bits per heavy atom. The molecule has 0 saturated carbocycles. The molecule has 9 heteroatoms. The van der Waals surface area contributed by atoms with Crippen molar-refractivity contribution in [2.45, 2.75) is 6.36 Å². The SMILES string of the molecule is O=C(O)c1cnc(OCCOC(F)(F)F)c(Cl)c1. The van der Waals surface area contributed by atoms with E-state index >= 15 is 0 Å². The molecule has 5 nitrogen and oxygen atoms in total. The van der Waals surface area contributed by atoms with Gasteiger partial charge in [-0.25, -0.2) is 9.78 Å². The first-order valence-electron chi connectivity index (χ1n) is 4.52. The summed E-state index contributed by atoms with van der Waals surface area (Å²) < 4.78 is 43.1. The summed E-state index contributed by atoms with van der Waals surface area (Å²) in [6, 6.07) is 1.08. The number of aromatic carboxylic acids is 1. The summed E-state index contributed by atoms with van der Waals surface area (Å²) in [5.41, 5.74) is -0.154. The van der Waals surface area contributed by atoms with Gasteiger partial charge in [0.25, 0.3) is 0 Å². The first-order chi connectivity index (χ1) is 8.29. The van der Waals surface area contributed by atoms with Gasteiger partial charge in [0.2, 0.25) is 5.88 Å². The average molecular weight is 286 g/mol. The summed E-state index contributed by atoms with van der Waals surface area (Å²) in [6.07, 6.45) is -3.75. The maximum absolute atomic E-state index is 11.6. The van der Waals surface area contributed by atoms with E-state index in [0.29, 0.717) is 0 Å². The second kappa shape index (κ2) is 5.87. The van der Waals surface area contributed by atoms with Gasteiger partial charge < -0.3 is 9.84 Å². The van der Waals surface area contributed by atoms with Crippen molar-refractivity contribution in [2.24, 2.45) is 0 Å². The molecular formula is C9H7ClF3NO4. The minimum atomic E-state index is -4.73. The molecule has 0 amide bonds. The molecule has 18 heavy (non-hydrogen) atoms. The van der Waals surface area contributed by atoms with E-state index < -0.39 is 25.5 Å². The lowest BCUT2D eigenvalue weighted by atomic mass is 10.3. The number of aromatic nitrogens is 1. The zero-order valence-corrected chi connectivity index (χ0v) is 9.46. The zero-order chi connectivity index (χ0) is 13.8. The Hall–Kier alpha value is -1.54. The summed E-state index contributed by atoms with van der Waals surface area (Å²) in [6.45, 7) is -1.14. The van der Waals surface area contributed by atoms with Crippen LogP contribution < -0.4 is 4.74 Å². The number of nitrogens with zero attached hydrogens (tertiary/aromatic N) is 1. The Morgan fingerprint density at radius 3 is 2.61 bits per heavy atom. The minimum absolute atomic E-state index is 0.109. The van der Waals surface area contributed by atoms with Gasteiger partial charge in [0, 0.05) is 6.20 Å². The molecule has 1 aromatic heterocycles. The summed E-state index contributed by atoms with van der Waals surface area (Å²) in [5, 5.41) is 8.51. The first-order valence-corrected chi connectivity index (χ1v) is 4.90. The van der Waals surface area contributed by atoms with Crippen molar-refractivity contribution in [3.05, 3.63) is 22.8 Å². The second-order valence-electron chi connectivity index (χ2n) is 2.96. The Labute approximate surface area is 104 Å². The van der Waals surface area contributed by atoms with Gasteiger partial charge in [-0.05, 0) is 6.07 Å². The highest BCUT2D eigenvalue weighted by Crippen LogP contribution is 2.22. The van der Waals surface area contributed by atoms with Crippen molar-refractivity contribution in [2.75, 3.05) is 13.2 Å². The van der Waals surface area contributed by atoms with E-state index in [0.717, 1.165) is 12.3 Å². The molecule has 0 aliphatic heterocycles. The Kier molecular flexibility index (Phi) is 4.74. The number of pyridine rings is 1. The molecule has 0 radical (unpaired) electrons. The fourth-order valence-corrected chi connectivity index (χ4v) is 1.17. The molecule has 0 spiro atoms. The van der Waals surface area contributed by atoms with Gasteiger partial charge in [-0.3, -0.25) is 4.74 Å². The summed E-state index contributed by atoms with van der Waals surface area (Å²) >= 11 is 5.63. The molecule has 100 valence electrons. The lowest BCUT2D eigenvalue weighted by molar-refractivity contribution is -0.325. The van der Waals surface area contributed by atoms with Crippen LogP contribution in [0.25, 0.3) is 0 Å². The summed E-state index contributed by atoms with van der Waals surface area (Å²) in [4.78, 5) is 14.1. The number of alkyl halides is 3. The number of hydrogen-bond donors (Lipinski definition) is 1. The minimum Gasteiger partial charge on any atom is -0.478 e. The third-order valence-electron chi connectivity index (χ3n) is 1.64. The molecule has 1 aromatic rings. The topological polar surface area (TPSA) is 68.7 Å². The van der Waals surface area contributed by atoms with Gasteiger partial charge in [0.1, 0.15) is 11.6 Å². The van der Waals surface area contributed by atoms with E-state index in [1.54, 1.807) is 0 Å². The van der Waals surface area contributed by atoms with Crippen molar-refractivity contribution >= 4 is 17.6 Å². The van der Waals surface area contributed by atoms with Crippen LogP contribution >= 0.6 is 11.6 Å². The van der Waals surface area contributed by atoms with Crippen LogP contribution in [0.5, 0.6) is 5.88 Å². The highest BCUT2D eigenvalue weighted by molar-refractivity contribution is 6.32. The van der Waals surface area contributed by atoms with Crippen molar-refractivity contribution < 1.29 is 32.5 Å². The number of carbonyl (C=O) groups is 1. The molecule has 0 atom stereocenters. The third-order valence-corrected chi connectivity index (χ3v) is 1.91. The molecule has 0 fully saturated rings. The fourth-order valence-electron chi connectivity index (χ4n) is 0.944. The zero-order valence-electron chi connectivity index (χ0n) is 8.70. The van der Waals surface area contributed by atoms with Crippen LogP contribution in [-0.4, -0.2) is 35.6 Å². The molecule has 1 N–H and O–H groups in total. The summed E-state index contributed by atoms with van der Waals surface area (Å²) in [7, 11) is 0. The molecule has 1 rings (SSSR count). The monoisotopic (exact) mass is 285 g/mol. The fraction of sp³-hybridized carbons (Fsp3) is 0.333. The molecule has 1 heterocycles. The Morgan fingerprint density at radius 1 is 1.44 bits per heavy atom. The number of halogens is 4. The molecule has 0 aromatic carbocycles. The number of hydrogen-bond acceptors (Lipinski definition) is 4. The van der Waals surface area contributed by atoms with Crippen LogP contribution in [0.4, 0.5) is 13.2 Å². The van der Waals surface area contributed by atoms with Crippen molar-refractivity contribution in [1.29, 1.82) is 0 Å². The predicted molar refractivity (Wildman–Crippen MR) is 53.7 cm³/mol. The van der Waals surface area contributed by atoms with E-state index in [9.17, 15) is 18.0 Å². The maximum atomic E-state index is 11.6. The Balaban J connectivity index is 2.51. The van der Waals surface area contributed by atoms with E-state index in [4.69, 9.17) is 21.4 Å². The Bertz CT molecular complexity index is 438. The molecule has 0 bridgehead atoms. The standard InChI is InChI=1S/C9H7ClF3NO4/c10-6-3-5(8(15)16)4-14-7(6)17-1-2-18-9(11,12)13/h3-4H,1-2H2,(H,15,16). The largest absolute Gasteiger partial charge is 0.522 e. The lowest BCUT2D eigenvalue weighted by Crippen LogP contribution is -2.18. The first kappa shape index (κ1) is 14.5. The normalized spacial score (nSPS) is 11.3. The van der Waals surface area contributed by atoms with E-state index in [2.05, 4.69) is 9.72 Å². The number of carboxylic acids is 1. The summed E-state index contributed by atoms with van der Waals surface area (Å²) in [5.74, 6) is -1.39. The number of ether oxygens (including phenoxy) is 2. The van der Waals surface area contributed by atoms with Crippen molar-refractivity contribution in [1.82, 2.24) is 4.98 Å². The quantitative estimate of drug-likeness (QED) is 0.841. The smallest absolute Gasteiger partial charge is 0.478 e. The van der Waals surface area contributed by atoms with Crippen LogP contribution in [0.15, 0.2) is 12.3 Å². The van der Waals surface area contributed by atoms with Crippen LogP contribution in [0, 0.1) is 0 Å². The van der Waals surface area contributed by atoms with Gasteiger partial charge >= 0.3 is 12.3 Å². The average Bonchev–Trinajstić information content (AvgIpc) is 2.24. The van der Waals surface area contributed by atoms with Gasteiger partial charge in [-0.1, -0.05) is 11.6 Å². The lowest BCUT2D eigenvalue weighted by Gasteiger charge is -2.09. The molecular weight excluding hydrogens is 279 g/mol. The third kappa shape index (κ3) is 4.76. The maximum Gasteiger partial charge on any atom is 0.522 e. The van der Waals surface area contributed by atoms with Crippen LogP contribution in [0.2, 0.25) is 5.02 Å². The van der Waals surface area contributed by atoms with Gasteiger partial charge in [-0.15, -0.1) is 13.2 Å². The van der Waals surface area contributed by atoms with Crippen LogP contribution in [0.3, 0.4) is 0 Å². The van der Waals surface area contributed by atoms with Gasteiger partial charge in [-0.2, -0.15) is 0 Å². The molecule has 0 saturated heterocycles. The number of carboxylic acid groups (broad SMARTS) is 1. The van der Waals surface area contributed by atoms with Crippen LogP contribution in [0.1, 0.15) is 10.4 Å².